The van der Waals surface area contributed by atoms with Crippen molar-refractivity contribution in [2.24, 2.45) is 0 Å². The number of halogens is 1. The van der Waals surface area contributed by atoms with Gasteiger partial charge in [-0.1, -0.05) is 28.9 Å². The first-order valence-electron chi connectivity index (χ1n) is 6.18. The van der Waals surface area contributed by atoms with Crippen molar-refractivity contribution in [3.8, 4) is 0 Å². The van der Waals surface area contributed by atoms with Gasteiger partial charge in [0, 0.05) is 23.8 Å². The van der Waals surface area contributed by atoms with Gasteiger partial charge in [-0.05, 0) is 24.6 Å². The third-order valence-corrected chi connectivity index (χ3v) is 3.13. The van der Waals surface area contributed by atoms with Crippen LogP contribution in [-0.2, 0) is 13.1 Å². The lowest BCUT2D eigenvalue weighted by Gasteiger charge is -2.13. The number of nitrogens with one attached hydrogen (secondary N) is 1. The van der Waals surface area contributed by atoms with Crippen molar-refractivity contribution in [2.75, 3.05) is 6.61 Å². The number of hydrogen-bond acceptors (Lipinski definition) is 4. The lowest BCUT2D eigenvalue weighted by molar-refractivity contribution is 0.268. The summed E-state index contributed by atoms with van der Waals surface area (Å²) in [5.74, 6) is 0. The zero-order valence-corrected chi connectivity index (χ0v) is 11.5. The lowest BCUT2D eigenvalue weighted by Crippen LogP contribution is -2.18. The summed E-state index contributed by atoms with van der Waals surface area (Å²) in [7, 11) is 0. The van der Waals surface area contributed by atoms with Crippen LogP contribution in [0.15, 0.2) is 30.5 Å². The van der Waals surface area contributed by atoms with E-state index >= 15 is 0 Å². The highest BCUT2D eigenvalue weighted by Gasteiger charge is 2.06. The topological polar surface area (TPSA) is 63.0 Å². The Morgan fingerprint density at radius 1 is 1.37 bits per heavy atom. The second-order valence-corrected chi connectivity index (χ2v) is 4.79. The number of rotatable bonds is 6. The maximum Gasteiger partial charge on any atom is 0.0965 e. The van der Waals surface area contributed by atoms with Crippen LogP contribution in [0.4, 0.5) is 0 Å². The molecule has 0 spiro atoms. The number of hydrogen-bond donors (Lipinski definition) is 2. The monoisotopic (exact) mass is 280 g/mol. The summed E-state index contributed by atoms with van der Waals surface area (Å²) >= 11 is 5.86. The molecule has 5 nitrogen and oxygen atoms in total. The number of aromatic nitrogens is 3. The van der Waals surface area contributed by atoms with Gasteiger partial charge < -0.3 is 10.4 Å². The fourth-order valence-corrected chi connectivity index (χ4v) is 1.88. The first-order valence-corrected chi connectivity index (χ1v) is 6.55. The van der Waals surface area contributed by atoms with Gasteiger partial charge in [-0.2, -0.15) is 0 Å². The van der Waals surface area contributed by atoms with Gasteiger partial charge in [-0.3, -0.25) is 0 Å². The Bertz CT molecular complexity index is 512. The highest BCUT2D eigenvalue weighted by Crippen LogP contribution is 2.16. The molecule has 1 heterocycles. The first kappa shape index (κ1) is 14.0. The van der Waals surface area contributed by atoms with E-state index in [-0.39, 0.29) is 12.6 Å². The maximum atomic E-state index is 8.80. The van der Waals surface area contributed by atoms with Crippen LogP contribution in [0.25, 0.3) is 0 Å². The van der Waals surface area contributed by atoms with Crippen molar-refractivity contribution in [3.63, 3.8) is 0 Å². The van der Waals surface area contributed by atoms with Crippen molar-refractivity contribution in [2.45, 2.75) is 26.1 Å². The quantitative estimate of drug-likeness (QED) is 0.847. The SMILES string of the molecule is C[C@@H](NCc1cn(CCO)nn1)c1ccc(Cl)cc1. The van der Waals surface area contributed by atoms with Gasteiger partial charge in [0.25, 0.3) is 0 Å². The van der Waals surface area contributed by atoms with Crippen LogP contribution < -0.4 is 5.32 Å². The molecule has 2 aromatic rings. The average Bonchev–Trinajstić information content (AvgIpc) is 2.85. The Kier molecular flexibility index (Phi) is 4.90. The maximum absolute atomic E-state index is 8.80. The van der Waals surface area contributed by atoms with E-state index in [1.807, 2.05) is 30.5 Å². The molecular formula is C13H17ClN4O. The molecule has 2 rings (SSSR count). The van der Waals surface area contributed by atoms with Gasteiger partial charge in [0.05, 0.1) is 18.8 Å². The van der Waals surface area contributed by atoms with Crippen molar-refractivity contribution in [1.82, 2.24) is 20.3 Å². The fourth-order valence-electron chi connectivity index (χ4n) is 1.76. The highest BCUT2D eigenvalue weighted by molar-refractivity contribution is 6.30. The van der Waals surface area contributed by atoms with Gasteiger partial charge in [0.2, 0.25) is 0 Å². The summed E-state index contributed by atoms with van der Waals surface area (Å²) in [5.41, 5.74) is 2.03. The molecule has 102 valence electrons. The van der Waals surface area contributed by atoms with Crippen LogP contribution in [0.1, 0.15) is 24.2 Å². The number of benzene rings is 1. The molecule has 0 radical (unpaired) electrons. The second kappa shape index (κ2) is 6.65. The van der Waals surface area contributed by atoms with E-state index in [4.69, 9.17) is 16.7 Å². The molecule has 0 amide bonds. The van der Waals surface area contributed by atoms with Crippen molar-refractivity contribution in [3.05, 3.63) is 46.7 Å². The second-order valence-electron chi connectivity index (χ2n) is 4.35. The number of nitrogens with zero attached hydrogens (tertiary/aromatic N) is 3. The minimum absolute atomic E-state index is 0.0669. The summed E-state index contributed by atoms with van der Waals surface area (Å²) in [4.78, 5) is 0. The summed E-state index contributed by atoms with van der Waals surface area (Å²) in [6.07, 6.45) is 1.83. The molecule has 0 saturated carbocycles. The largest absolute Gasteiger partial charge is 0.394 e. The summed E-state index contributed by atoms with van der Waals surface area (Å²) in [5, 5.41) is 20.9. The van der Waals surface area contributed by atoms with E-state index in [0.29, 0.717) is 13.1 Å². The molecule has 0 fully saturated rings. The van der Waals surface area contributed by atoms with Crippen LogP contribution in [-0.4, -0.2) is 26.7 Å². The molecule has 1 aromatic carbocycles. The van der Waals surface area contributed by atoms with Gasteiger partial charge in [0.15, 0.2) is 0 Å². The summed E-state index contributed by atoms with van der Waals surface area (Å²) < 4.78 is 1.63. The Hall–Kier alpha value is -1.43. The van der Waals surface area contributed by atoms with E-state index in [1.165, 1.54) is 5.56 Å². The van der Waals surface area contributed by atoms with Crippen molar-refractivity contribution >= 4 is 11.6 Å². The van der Waals surface area contributed by atoms with Gasteiger partial charge in [0.1, 0.15) is 0 Å². The Balaban J connectivity index is 1.88. The molecule has 1 atom stereocenters. The predicted octanol–water partition coefficient (Wildman–Crippen LogP) is 1.77. The van der Waals surface area contributed by atoms with E-state index < -0.39 is 0 Å². The number of aliphatic hydroxyl groups excluding tert-OH is 1. The molecular weight excluding hydrogens is 264 g/mol. The lowest BCUT2D eigenvalue weighted by atomic mass is 10.1. The summed E-state index contributed by atoms with van der Waals surface area (Å²) in [6, 6.07) is 7.98. The van der Waals surface area contributed by atoms with Gasteiger partial charge in [-0.25, -0.2) is 4.68 Å². The van der Waals surface area contributed by atoms with E-state index in [2.05, 4.69) is 22.6 Å². The molecule has 0 aliphatic carbocycles. The molecule has 0 aliphatic heterocycles. The third kappa shape index (κ3) is 4.02. The van der Waals surface area contributed by atoms with Gasteiger partial charge >= 0.3 is 0 Å². The molecule has 0 aliphatic rings. The highest BCUT2D eigenvalue weighted by atomic mass is 35.5. The number of aliphatic hydroxyl groups is 1. The fraction of sp³-hybridized carbons (Fsp3) is 0.385. The molecule has 6 heteroatoms. The normalized spacial score (nSPS) is 12.6. The minimum Gasteiger partial charge on any atom is -0.394 e. The summed E-state index contributed by atoms with van der Waals surface area (Å²) in [6.45, 7) is 3.26. The predicted molar refractivity (Wildman–Crippen MR) is 73.8 cm³/mol. The Labute approximate surface area is 117 Å². The van der Waals surface area contributed by atoms with Crippen molar-refractivity contribution in [1.29, 1.82) is 0 Å². The molecule has 0 unspecified atom stereocenters. The van der Waals surface area contributed by atoms with Crippen LogP contribution in [0, 0.1) is 0 Å². The van der Waals surface area contributed by atoms with Gasteiger partial charge in [-0.15, -0.1) is 5.10 Å². The Morgan fingerprint density at radius 2 is 2.11 bits per heavy atom. The standard InChI is InChI=1S/C13H17ClN4O/c1-10(11-2-4-12(14)5-3-11)15-8-13-9-18(6-7-19)17-16-13/h2-5,9-10,15,19H,6-8H2,1H3/t10-/m1/s1. The van der Waals surface area contributed by atoms with Crippen molar-refractivity contribution < 1.29 is 5.11 Å². The molecule has 1 aromatic heterocycles. The first-order chi connectivity index (χ1) is 9.19. The molecule has 0 bridgehead atoms. The van der Waals surface area contributed by atoms with Crippen LogP contribution in [0.3, 0.4) is 0 Å². The van der Waals surface area contributed by atoms with E-state index in [1.54, 1.807) is 4.68 Å². The van der Waals surface area contributed by atoms with E-state index in [9.17, 15) is 0 Å². The van der Waals surface area contributed by atoms with Crippen LogP contribution in [0.5, 0.6) is 0 Å². The minimum atomic E-state index is 0.0669. The molecule has 19 heavy (non-hydrogen) atoms. The average molecular weight is 281 g/mol. The molecule has 0 saturated heterocycles. The van der Waals surface area contributed by atoms with Crippen LogP contribution >= 0.6 is 11.6 Å². The Morgan fingerprint density at radius 3 is 2.79 bits per heavy atom. The molecule has 2 N–H and O–H groups in total. The zero-order valence-electron chi connectivity index (χ0n) is 10.8. The smallest absolute Gasteiger partial charge is 0.0965 e. The third-order valence-electron chi connectivity index (χ3n) is 2.87. The van der Waals surface area contributed by atoms with Crippen LogP contribution in [0.2, 0.25) is 5.02 Å². The zero-order chi connectivity index (χ0) is 13.7. The van der Waals surface area contributed by atoms with E-state index in [0.717, 1.165) is 10.7 Å².